The fraction of sp³-hybridized carbons (Fsp3) is 0.462. The van der Waals surface area contributed by atoms with Gasteiger partial charge in [0.15, 0.2) is 5.60 Å². The average Bonchev–Trinajstić information content (AvgIpc) is 2.83. The topological polar surface area (TPSA) is 49.3 Å². The third-order valence-corrected chi connectivity index (χ3v) is 5.17. The van der Waals surface area contributed by atoms with E-state index >= 15 is 0 Å². The van der Waals surface area contributed by atoms with Gasteiger partial charge >= 0.3 is 0 Å². The minimum atomic E-state index is -1.37. The number of hydrogen-bond donors (Lipinski definition) is 2. The molecule has 2 rings (SSSR count). The van der Waals surface area contributed by atoms with E-state index in [9.17, 15) is 14.3 Å². The van der Waals surface area contributed by atoms with E-state index in [1.165, 1.54) is 23.9 Å². The van der Waals surface area contributed by atoms with Crippen LogP contribution in [0.4, 0.5) is 4.39 Å². The summed E-state index contributed by atoms with van der Waals surface area (Å²) >= 11 is 13.4. The van der Waals surface area contributed by atoms with Crippen molar-refractivity contribution in [1.82, 2.24) is 5.32 Å². The first-order valence-corrected chi connectivity index (χ1v) is 8.01. The molecule has 0 radical (unpaired) electrons. The summed E-state index contributed by atoms with van der Waals surface area (Å²) in [6.07, 6.45) is 0.404. The first-order chi connectivity index (χ1) is 9.35. The van der Waals surface area contributed by atoms with Crippen LogP contribution in [0.5, 0.6) is 0 Å². The molecule has 20 heavy (non-hydrogen) atoms. The maximum atomic E-state index is 13.5. The lowest BCUT2D eigenvalue weighted by Crippen LogP contribution is -2.47. The third kappa shape index (κ3) is 3.06. The van der Waals surface area contributed by atoms with Gasteiger partial charge in [-0.15, -0.1) is 0 Å². The summed E-state index contributed by atoms with van der Waals surface area (Å²) in [4.78, 5) is 12.1. The van der Waals surface area contributed by atoms with Gasteiger partial charge in [-0.2, -0.15) is 11.8 Å². The van der Waals surface area contributed by atoms with Crippen LogP contribution in [0.2, 0.25) is 10.0 Å². The molecule has 1 aromatic rings. The second kappa shape index (κ2) is 6.10. The van der Waals surface area contributed by atoms with Crippen LogP contribution in [0.3, 0.4) is 0 Å². The zero-order valence-electron chi connectivity index (χ0n) is 10.8. The molecule has 1 aliphatic rings. The Morgan fingerprint density at radius 3 is 2.85 bits per heavy atom. The van der Waals surface area contributed by atoms with Crippen molar-refractivity contribution in [3.05, 3.63) is 33.6 Å². The predicted molar refractivity (Wildman–Crippen MR) is 79.9 cm³/mol. The van der Waals surface area contributed by atoms with E-state index in [2.05, 4.69) is 5.32 Å². The quantitative estimate of drug-likeness (QED) is 0.833. The minimum absolute atomic E-state index is 0.113. The molecule has 3 nitrogen and oxygen atoms in total. The predicted octanol–water partition coefficient (Wildman–Crippen LogP) is 3.18. The van der Waals surface area contributed by atoms with Crippen molar-refractivity contribution < 1.29 is 14.3 Å². The summed E-state index contributed by atoms with van der Waals surface area (Å²) in [5.74, 6) is 0.0179. The number of carbonyl (C=O) groups is 1. The Kier molecular flexibility index (Phi) is 4.84. The second-order valence-electron chi connectivity index (χ2n) is 4.79. The van der Waals surface area contributed by atoms with Crippen molar-refractivity contribution in [2.24, 2.45) is 0 Å². The van der Waals surface area contributed by atoms with Gasteiger partial charge in [0.25, 0.3) is 5.91 Å². The highest BCUT2D eigenvalue weighted by atomic mass is 35.5. The van der Waals surface area contributed by atoms with E-state index in [1.54, 1.807) is 6.92 Å². The Bertz CT molecular complexity index is 535. The van der Waals surface area contributed by atoms with Gasteiger partial charge in [0.05, 0.1) is 11.1 Å². The molecule has 0 aromatic heterocycles. The fourth-order valence-corrected chi connectivity index (χ4v) is 4.01. The van der Waals surface area contributed by atoms with Crippen LogP contribution in [0.1, 0.15) is 24.9 Å². The van der Waals surface area contributed by atoms with Crippen LogP contribution in [-0.4, -0.2) is 28.1 Å². The lowest BCUT2D eigenvalue weighted by Gasteiger charge is -2.24. The normalized spacial score (nSPS) is 23.6. The number of halogens is 3. The summed E-state index contributed by atoms with van der Waals surface area (Å²) in [5.41, 5.74) is -1.05. The maximum Gasteiger partial charge on any atom is 0.253 e. The molecule has 7 heteroatoms. The summed E-state index contributed by atoms with van der Waals surface area (Å²) in [7, 11) is 0. The maximum absolute atomic E-state index is 13.5. The monoisotopic (exact) mass is 337 g/mol. The Morgan fingerprint density at radius 2 is 2.25 bits per heavy atom. The zero-order valence-corrected chi connectivity index (χ0v) is 13.1. The van der Waals surface area contributed by atoms with Crippen LogP contribution in [0, 0.1) is 5.82 Å². The molecule has 1 aliphatic heterocycles. The van der Waals surface area contributed by atoms with Gasteiger partial charge in [-0.25, -0.2) is 4.39 Å². The second-order valence-corrected chi connectivity index (χ2v) is 6.68. The summed E-state index contributed by atoms with van der Waals surface area (Å²) < 4.78 is 13.5. The third-order valence-electron chi connectivity index (χ3n) is 3.28. The average molecular weight is 338 g/mol. The van der Waals surface area contributed by atoms with E-state index in [4.69, 9.17) is 23.2 Å². The molecule has 2 unspecified atom stereocenters. The van der Waals surface area contributed by atoms with E-state index in [0.717, 1.165) is 5.75 Å². The van der Waals surface area contributed by atoms with Crippen molar-refractivity contribution in [3.63, 3.8) is 0 Å². The van der Waals surface area contributed by atoms with Gasteiger partial charge in [0.2, 0.25) is 0 Å². The van der Waals surface area contributed by atoms with E-state index in [0.29, 0.717) is 17.7 Å². The molecule has 2 N–H and O–H groups in total. The van der Waals surface area contributed by atoms with Gasteiger partial charge < -0.3 is 10.4 Å². The highest BCUT2D eigenvalue weighted by Gasteiger charge is 2.40. The fourth-order valence-electron chi connectivity index (χ4n) is 2.08. The van der Waals surface area contributed by atoms with E-state index in [1.807, 2.05) is 0 Å². The van der Waals surface area contributed by atoms with Gasteiger partial charge in [-0.3, -0.25) is 4.79 Å². The van der Waals surface area contributed by atoms with Crippen LogP contribution >= 0.6 is 35.0 Å². The Morgan fingerprint density at radius 1 is 1.55 bits per heavy atom. The molecular weight excluding hydrogens is 324 g/mol. The SMILES string of the molecule is CC(NC(=O)C1(O)CCSC1)c1c(Cl)ccc(F)c1Cl. The number of hydrogen-bond acceptors (Lipinski definition) is 3. The van der Waals surface area contributed by atoms with Crippen LogP contribution in [-0.2, 0) is 4.79 Å². The van der Waals surface area contributed by atoms with Crippen molar-refractivity contribution in [2.75, 3.05) is 11.5 Å². The minimum Gasteiger partial charge on any atom is -0.379 e. The molecule has 1 amide bonds. The number of rotatable bonds is 3. The number of aliphatic hydroxyl groups is 1. The van der Waals surface area contributed by atoms with Crippen molar-refractivity contribution in [2.45, 2.75) is 25.0 Å². The zero-order chi connectivity index (χ0) is 14.9. The molecule has 1 heterocycles. The van der Waals surface area contributed by atoms with Crippen molar-refractivity contribution >= 4 is 40.9 Å². The van der Waals surface area contributed by atoms with Crippen molar-refractivity contribution in [3.8, 4) is 0 Å². The largest absolute Gasteiger partial charge is 0.379 e. The molecule has 1 saturated heterocycles. The molecular formula is C13H14Cl2FNO2S. The van der Waals surface area contributed by atoms with Crippen LogP contribution in [0.15, 0.2) is 12.1 Å². The Labute approximate surface area is 130 Å². The molecule has 0 spiro atoms. The first kappa shape index (κ1) is 15.9. The lowest BCUT2D eigenvalue weighted by atomic mass is 10.0. The number of nitrogens with one attached hydrogen (secondary N) is 1. The number of carbonyl (C=O) groups excluding carboxylic acids is 1. The molecule has 0 aliphatic carbocycles. The molecule has 1 aromatic carbocycles. The molecule has 110 valence electrons. The Balaban J connectivity index is 2.18. The smallest absolute Gasteiger partial charge is 0.253 e. The van der Waals surface area contributed by atoms with Crippen LogP contribution in [0.25, 0.3) is 0 Å². The lowest BCUT2D eigenvalue weighted by molar-refractivity contribution is -0.137. The van der Waals surface area contributed by atoms with Crippen molar-refractivity contribution in [1.29, 1.82) is 0 Å². The number of amides is 1. The molecule has 0 bridgehead atoms. The standard InChI is InChI=1S/C13H14Cl2FNO2S/c1-7(10-8(14)2-3-9(16)11(10)15)17-12(18)13(19)4-5-20-6-13/h2-3,7,19H,4-6H2,1H3,(H,17,18). The van der Waals surface area contributed by atoms with Gasteiger partial charge in [-0.05, 0) is 31.2 Å². The summed E-state index contributed by atoms with van der Waals surface area (Å²) in [5, 5.41) is 13.0. The first-order valence-electron chi connectivity index (χ1n) is 6.09. The van der Waals surface area contributed by atoms with Gasteiger partial charge in [0.1, 0.15) is 5.82 Å². The summed E-state index contributed by atoms with van der Waals surface area (Å²) in [6.45, 7) is 1.65. The molecule has 2 atom stereocenters. The summed E-state index contributed by atoms with van der Waals surface area (Å²) in [6, 6.07) is 1.97. The highest BCUT2D eigenvalue weighted by Crippen LogP contribution is 2.33. The van der Waals surface area contributed by atoms with E-state index in [-0.39, 0.29) is 10.0 Å². The van der Waals surface area contributed by atoms with Crippen LogP contribution < -0.4 is 5.32 Å². The number of benzene rings is 1. The molecule has 0 saturated carbocycles. The van der Waals surface area contributed by atoms with E-state index < -0.39 is 23.4 Å². The highest BCUT2D eigenvalue weighted by molar-refractivity contribution is 7.99. The number of thioether (sulfide) groups is 1. The van der Waals surface area contributed by atoms with Gasteiger partial charge in [0, 0.05) is 16.3 Å². The Hall–Kier alpha value is -0.490. The molecule has 1 fully saturated rings. The van der Waals surface area contributed by atoms with Gasteiger partial charge in [-0.1, -0.05) is 23.2 Å².